The molecule has 4 nitrogen and oxygen atoms in total. The summed E-state index contributed by atoms with van der Waals surface area (Å²) < 4.78 is 5.85. The van der Waals surface area contributed by atoms with Crippen molar-refractivity contribution in [1.82, 2.24) is 15.3 Å². The van der Waals surface area contributed by atoms with Crippen molar-refractivity contribution in [2.45, 2.75) is 65.5 Å². The highest BCUT2D eigenvalue weighted by molar-refractivity contribution is 5.24. The Labute approximate surface area is 128 Å². The van der Waals surface area contributed by atoms with Crippen molar-refractivity contribution in [3.63, 3.8) is 0 Å². The summed E-state index contributed by atoms with van der Waals surface area (Å²) in [6.07, 6.45) is 6.74. The van der Waals surface area contributed by atoms with E-state index in [0.717, 1.165) is 18.8 Å². The van der Waals surface area contributed by atoms with E-state index in [1.165, 1.54) is 30.5 Å². The van der Waals surface area contributed by atoms with E-state index in [1.54, 1.807) is 0 Å². The van der Waals surface area contributed by atoms with Crippen LogP contribution in [0.15, 0.2) is 6.20 Å². The van der Waals surface area contributed by atoms with Crippen molar-refractivity contribution in [2.75, 3.05) is 13.2 Å². The normalized spacial score (nSPS) is 20.1. The van der Waals surface area contributed by atoms with Gasteiger partial charge in [0.2, 0.25) is 0 Å². The van der Waals surface area contributed by atoms with E-state index in [1.807, 2.05) is 13.1 Å². The lowest BCUT2D eigenvalue weighted by molar-refractivity contribution is 0.0230. The SMILES string of the molecule is CCNC1CCCCc2nc(C(OCC)C(C)C)ncc21. The van der Waals surface area contributed by atoms with Gasteiger partial charge in [0.15, 0.2) is 5.82 Å². The molecule has 0 radical (unpaired) electrons. The van der Waals surface area contributed by atoms with Gasteiger partial charge in [0, 0.05) is 30.1 Å². The number of nitrogens with one attached hydrogen (secondary N) is 1. The third-order valence-electron chi connectivity index (χ3n) is 4.11. The molecule has 0 bridgehead atoms. The molecule has 4 heteroatoms. The third kappa shape index (κ3) is 4.01. The minimum absolute atomic E-state index is 0.00105. The molecule has 118 valence electrons. The first-order valence-electron chi connectivity index (χ1n) is 8.38. The monoisotopic (exact) mass is 291 g/mol. The van der Waals surface area contributed by atoms with Crippen molar-refractivity contribution >= 4 is 0 Å². The van der Waals surface area contributed by atoms with Crippen molar-refractivity contribution in [1.29, 1.82) is 0 Å². The number of ether oxygens (including phenoxy) is 1. The Morgan fingerprint density at radius 2 is 2.14 bits per heavy atom. The summed E-state index contributed by atoms with van der Waals surface area (Å²) in [5.74, 6) is 1.24. The summed E-state index contributed by atoms with van der Waals surface area (Å²) in [5, 5.41) is 3.57. The number of hydrogen-bond donors (Lipinski definition) is 1. The van der Waals surface area contributed by atoms with Gasteiger partial charge in [-0.25, -0.2) is 9.97 Å². The maximum atomic E-state index is 5.85. The van der Waals surface area contributed by atoms with Gasteiger partial charge >= 0.3 is 0 Å². The quantitative estimate of drug-likeness (QED) is 0.814. The predicted octanol–water partition coefficient (Wildman–Crippen LogP) is 3.59. The Hall–Kier alpha value is -1.00. The summed E-state index contributed by atoms with van der Waals surface area (Å²) in [4.78, 5) is 9.50. The number of rotatable bonds is 6. The Kier molecular flexibility index (Phi) is 6.12. The summed E-state index contributed by atoms with van der Waals surface area (Å²) in [6.45, 7) is 10.2. The number of fused-ring (bicyclic) bond motifs is 1. The number of nitrogens with zero attached hydrogens (tertiary/aromatic N) is 2. The Morgan fingerprint density at radius 1 is 1.33 bits per heavy atom. The maximum absolute atomic E-state index is 5.85. The predicted molar refractivity (Wildman–Crippen MR) is 85.2 cm³/mol. The van der Waals surface area contributed by atoms with Gasteiger partial charge < -0.3 is 10.1 Å². The van der Waals surface area contributed by atoms with Crippen LogP contribution in [0.1, 0.15) is 76.2 Å². The number of hydrogen-bond acceptors (Lipinski definition) is 4. The fourth-order valence-corrected chi connectivity index (χ4v) is 3.07. The zero-order chi connectivity index (χ0) is 15.2. The van der Waals surface area contributed by atoms with Crippen LogP contribution in [0.4, 0.5) is 0 Å². The lowest BCUT2D eigenvalue weighted by Gasteiger charge is -2.22. The summed E-state index contributed by atoms with van der Waals surface area (Å²) in [7, 11) is 0. The van der Waals surface area contributed by atoms with E-state index in [2.05, 4.69) is 31.1 Å². The minimum Gasteiger partial charge on any atom is -0.370 e. The van der Waals surface area contributed by atoms with Crippen molar-refractivity contribution in [2.24, 2.45) is 5.92 Å². The minimum atomic E-state index is 0.00105. The van der Waals surface area contributed by atoms with Crippen molar-refractivity contribution in [3.8, 4) is 0 Å². The van der Waals surface area contributed by atoms with Crippen molar-refractivity contribution < 1.29 is 4.74 Å². The molecular weight excluding hydrogens is 262 g/mol. The number of aromatic nitrogens is 2. The zero-order valence-electron chi connectivity index (χ0n) is 13.9. The maximum Gasteiger partial charge on any atom is 0.157 e. The van der Waals surface area contributed by atoms with E-state index >= 15 is 0 Å². The molecule has 1 N–H and O–H groups in total. The Morgan fingerprint density at radius 3 is 2.81 bits per heavy atom. The van der Waals surface area contributed by atoms with Crippen LogP contribution in [0, 0.1) is 5.92 Å². The average Bonchev–Trinajstić information content (AvgIpc) is 2.67. The highest BCUT2D eigenvalue weighted by Gasteiger charge is 2.24. The molecule has 1 aliphatic carbocycles. The molecular formula is C17H29N3O. The third-order valence-corrected chi connectivity index (χ3v) is 4.11. The first-order chi connectivity index (χ1) is 10.2. The van der Waals surface area contributed by atoms with Gasteiger partial charge in [0.1, 0.15) is 6.10 Å². The van der Waals surface area contributed by atoms with Crippen molar-refractivity contribution in [3.05, 3.63) is 23.3 Å². The van der Waals surface area contributed by atoms with Crippen LogP contribution in [-0.2, 0) is 11.2 Å². The Balaban J connectivity index is 2.30. The van der Waals surface area contributed by atoms with Crippen LogP contribution < -0.4 is 5.32 Å². The lowest BCUT2D eigenvalue weighted by Crippen LogP contribution is -2.23. The molecule has 2 atom stereocenters. The van der Waals surface area contributed by atoms with Crippen LogP contribution in [0.25, 0.3) is 0 Å². The fourth-order valence-electron chi connectivity index (χ4n) is 3.07. The lowest BCUT2D eigenvalue weighted by atomic mass is 10.0. The summed E-state index contributed by atoms with van der Waals surface area (Å²) >= 11 is 0. The molecule has 2 unspecified atom stereocenters. The second-order valence-corrected chi connectivity index (χ2v) is 6.11. The van der Waals surface area contributed by atoms with Crippen LogP contribution in [-0.4, -0.2) is 23.1 Å². The number of aryl methyl sites for hydroxylation is 1. The van der Waals surface area contributed by atoms with E-state index in [-0.39, 0.29) is 6.10 Å². The molecule has 0 aliphatic heterocycles. The van der Waals surface area contributed by atoms with Gasteiger partial charge in [-0.3, -0.25) is 0 Å². The van der Waals surface area contributed by atoms with Crippen LogP contribution in [0.2, 0.25) is 0 Å². The smallest absolute Gasteiger partial charge is 0.157 e. The Bertz CT molecular complexity index is 448. The second-order valence-electron chi connectivity index (χ2n) is 6.11. The summed E-state index contributed by atoms with van der Waals surface area (Å²) in [5.41, 5.74) is 2.51. The van der Waals surface area contributed by atoms with Crippen LogP contribution in [0.3, 0.4) is 0 Å². The van der Waals surface area contributed by atoms with E-state index in [4.69, 9.17) is 9.72 Å². The summed E-state index contributed by atoms with van der Waals surface area (Å²) in [6, 6.07) is 0.408. The zero-order valence-corrected chi connectivity index (χ0v) is 13.9. The van der Waals surface area contributed by atoms with E-state index in [0.29, 0.717) is 18.6 Å². The fraction of sp³-hybridized carbons (Fsp3) is 0.765. The standard InChI is InChI=1S/C17H29N3O/c1-5-18-14-9-7-8-10-15-13(14)11-19-17(20-15)16(12(3)4)21-6-2/h11-12,14,16,18H,5-10H2,1-4H3. The molecule has 1 aliphatic rings. The first-order valence-corrected chi connectivity index (χ1v) is 8.38. The van der Waals surface area contributed by atoms with Gasteiger partial charge in [-0.1, -0.05) is 27.2 Å². The molecule has 1 aromatic heterocycles. The average molecular weight is 291 g/mol. The van der Waals surface area contributed by atoms with Gasteiger partial charge in [-0.2, -0.15) is 0 Å². The molecule has 0 saturated heterocycles. The topological polar surface area (TPSA) is 47.0 Å². The molecule has 0 saturated carbocycles. The molecule has 1 heterocycles. The molecule has 0 spiro atoms. The highest BCUT2D eigenvalue weighted by Crippen LogP contribution is 2.29. The molecule has 0 fully saturated rings. The van der Waals surface area contributed by atoms with Crippen LogP contribution >= 0.6 is 0 Å². The van der Waals surface area contributed by atoms with Crippen LogP contribution in [0.5, 0.6) is 0 Å². The second kappa shape index (κ2) is 7.85. The van der Waals surface area contributed by atoms with Gasteiger partial charge in [0.25, 0.3) is 0 Å². The first kappa shape index (κ1) is 16.4. The van der Waals surface area contributed by atoms with E-state index < -0.39 is 0 Å². The molecule has 1 aromatic rings. The van der Waals surface area contributed by atoms with E-state index in [9.17, 15) is 0 Å². The molecule has 2 rings (SSSR count). The molecule has 0 amide bonds. The highest BCUT2D eigenvalue weighted by atomic mass is 16.5. The molecule has 0 aromatic carbocycles. The molecule has 21 heavy (non-hydrogen) atoms. The van der Waals surface area contributed by atoms with Gasteiger partial charge in [-0.15, -0.1) is 0 Å². The van der Waals surface area contributed by atoms with Gasteiger partial charge in [-0.05, 0) is 38.6 Å². The van der Waals surface area contributed by atoms with Gasteiger partial charge in [0.05, 0.1) is 0 Å². The largest absolute Gasteiger partial charge is 0.370 e.